The summed E-state index contributed by atoms with van der Waals surface area (Å²) >= 11 is 0. The molecule has 1 heterocycles. The van der Waals surface area contributed by atoms with E-state index in [4.69, 9.17) is 9.52 Å². The van der Waals surface area contributed by atoms with E-state index in [9.17, 15) is 4.79 Å². The van der Waals surface area contributed by atoms with E-state index in [-0.39, 0.29) is 0 Å². The first-order valence-corrected chi connectivity index (χ1v) is 5.08. The van der Waals surface area contributed by atoms with Gasteiger partial charge in [-0.25, -0.2) is 9.78 Å². The van der Waals surface area contributed by atoms with Crippen LogP contribution in [0.2, 0.25) is 0 Å². The van der Waals surface area contributed by atoms with Crippen molar-refractivity contribution in [2.75, 3.05) is 0 Å². The third-order valence-electron chi connectivity index (χ3n) is 2.37. The highest BCUT2D eigenvalue weighted by atomic mass is 16.4. The van der Waals surface area contributed by atoms with Crippen LogP contribution in [0.5, 0.6) is 0 Å². The Kier molecular flexibility index (Phi) is 3.05. The highest BCUT2D eigenvalue weighted by Gasteiger charge is 2.00. The van der Waals surface area contributed by atoms with Crippen LogP contribution in [-0.2, 0) is 4.79 Å². The molecule has 0 amide bonds. The molecule has 17 heavy (non-hydrogen) atoms. The van der Waals surface area contributed by atoms with Gasteiger partial charge in [0.05, 0.1) is 0 Å². The van der Waals surface area contributed by atoms with Crippen LogP contribution >= 0.6 is 0 Å². The van der Waals surface area contributed by atoms with Crippen molar-refractivity contribution in [2.24, 2.45) is 0 Å². The smallest absolute Gasteiger partial charge is 0.328 e. The lowest BCUT2D eigenvalue weighted by atomic mass is 10.1. The van der Waals surface area contributed by atoms with Gasteiger partial charge in [0.15, 0.2) is 12.0 Å². The molecule has 4 nitrogen and oxygen atoms in total. The number of rotatable bonds is 3. The van der Waals surface area contributed by atoms with Gasteiger partial charge < -0.3 is 9.52 Å². The van der Waals surface area contributed by atoms with Crippen molar-refractivity contribution in [2.45, 2.75) is 6.92 Å². The Bertz CT molecular complexity index is 608. The lowest BCUT2D eigenvalue weighted by molar-refractivity contribution is -0.131. The molecule has 0 spiro atoms. The Morgan fingerprint density at radius 1 is 1.47 bits per heavy atom. The van der Waals surface area contributed by atoms with Crippen molar-refractivity contribution in [3.63, 3.8) is 0 Å². The highest BCUT2D eigenvalue weighted by molar-refractivity contribution is 5.82. The van der Waals surface area contributed by atoms with Crippen LogP contribution < -0.4 is 0 Å². The molecule has 0 aliphatic rings. The van der Waals surface area contributed by atoms with Gasteiger partial charge in [0.2, 0.25) is 0 Å². The van der Waals surface area contributed by atoms with E-state index in [1.54, 1.807) is 6.08 Å². The van der Waals surface area contributed by atoms with Gasteiger partial charge in [-0.05, 0) is 30.2 Å². The van der Waals surface area contributed by atoms with E-state index in [0.717, 1.165) is 28.3 Å². The molecule has 1 aromatic heterocycles. The molecule has 4 heteroatoms. The third kappa shape index (κ3) is 2.60. The molecular formula is C13H11NO3. The summed E-state index contributed by atoms with van der Waals surface area (Å²) in [7, 11) is 0. The van der Waals surface area contributed by atoms with Gasteiger partial charge in [-0.15, -0.1) is 0 Å². The number of allylic oxidation sites excluding steroid dienone is 3. The fourth-order valence-electron chi connectivity index (χ4n) is 1.47. The van der Waals surface area contributed by atoms with Crippen LogP contribution in [0.1, 0.15) is 12.5 Å². The highest BCUT2D eigenvalue weighted by Crippen LogP contribution is 2.20. The summed E-state index contributed by atoms with van der Waals surface area (Å²) in [5.74, 6) is -0.959. The maximum Gasteiger partial charge on any atom is 0.328 e. The van der Waals surface area contributed by atoms with Gasteiger partial charge in [0, 0.05) is 6.08 Å². The molecule has 0 aliphatic heterocycles. The number of carboxylic acid groups (broad SMARTS) is 1. The molecule has 1 N–H and O–H groups in total. The third-order valence-corrected chi connectivity index (χ3v) is 2.37. The van der Waals surface area contributed by atoms with Crippen LogP contribution in [0.4, 0.5) is 0 Å². The Balaban J connectivity index is 2.29. The molecule has 0 atom stereocenters. The first kappa shape index (κ1) is 11.1. The molecule has 2 aromatic rings. The van der Waals surface area contributed by atoms with Gasteiger partial charge >= 0.3 is 5.97 Å². The fraction of sp³-hybridized carbons (Fsp3) is 0.0769. The van der Waals surface area contributed by atoms with Crippen molar-refractivity contribution in [1.29, 1.82) is 0 Å². The summed E-state index contributed by atoms with van der Waals surface area (Å²) < 4.78 is 5.20. The molecule has 0 radical (unpaired) electrons. The van der Waals surface area contributed by atoms with Crippen LogP contribution in [0.15, 0.2) is 47.2 Å². The predicted molar refractivity (Wildman–Crippen MR) is 64.4 cm³/mol. The molecule has 0 unspecified atom stereocenters. The summed E-state index contributed by atoms with van der Waals surface area (Å²) in [6, 6.07) is 5.67. The number of hydrogen-bond acceptors (Lipinski definition) is 3. The lowest BCUT2D eigenvalue weighted by Gasteiger charge is -1.99. The van der Waals surface area contributed by atoms with Crippen molar-refractivity contribution >= 4 is 22.6 Å². The molecular weight excluding hydrogens is 218 g/mol. The Morgan fingerprint density at radius 3 is 3.06 bits per heavy atom. The van der Waals surface area contributed by atoms with Gasteiger partial charge in [-0.3, -0.25) is 0 Å². The molecule has 1 aromatic carbocycles. The maximum atomic E-state index is 10.3. The number of aliphatic carboxylic acids is 1. The van der Waals surface area contributed by atoms with Crippen molar-refractivity contribution in [3.05, 3.63) is 48.4 Å². The quantitative estimate of drug-likeness (QED) is 0.649. The van der Waals surface area contributed by atoms with Gasteiger partial charge in [0.25, 0.3) is 0 Å². The number of hydrogen-bond donors (Lipinski definition) is 1. The summed E-state index contributed by atoms with van der Waals surface area (Å²) in [4.78, 5) is 14.3. The number of oxazole rings is 1. The van der Waals surface area contributed by atoms with E-state index >= 15 is 0 Å². The fourth-order valence-corrected chi connectivity index (χ4v) is 1.47. The zero-order valence-corrected chi connectivity index (χ0v) is 9.25. The van der Waals surface area contributed by atoms with E-state index in [0.29, 0.717) is 0 Å². The van der Waals surface area contributed by atoms with Gasteiger partial charge in [-0.1, -0.05) is 18.2 Å². The minimum atomic E-state index is -0.959. The van der Waals surface area contributed by atoms with Crippen molar-refractivity contribution in [3.8, 4) is 0 Å². The first-order chi connectivity index (χ1) is 8.16. The molecule has 2 rings (SSSR count). The Labute approximate surface area is 97.9 Å². The molecule has 0 saturated carbocycles. The van der Waals surface area contributed by atoms with E-state index in [1.165, 1.54) is 12.5 Å². The minimum Gasteiger partial charge on any atom is -0.478 e. The molecule has 0 aliphatic carbocycles. The predicted octanol–water partition coefficient (Wildman–Crippen LogP) is 2.87. The van der Waals surface area contributed by atoms with Gasteiger partial charge in [0.1, 0.15) is 5.52 Å². The monoisotopic (exact) mass is 229 g/mol. The minimum absolute atomic E-state index is 0.720. The zero-order chi connectivity index (χ0) is 12.3. The summed E-state index contributed by atoms with van der Waals surface area (Å²) in [6.07, 6.45) is 5.74. The second-order valence-electron chi connectivity index (χ2n) is 3.58. The first-order valence-electron chi connectivity index (χ1n) is 5.08. The van der Waals surface area contributed by atoms with Crippen LogP contribution in [0, 0.1) is 0 Å². The van der Waals surface area contributed by atoms with E-state index < -0.39 is 5.97 Å². The summed E-state index contributed by atoms with van der Waals surface area (Å²) in [5.41, 5.74) is 3.46. The number of benzene rings is 1. The number of carboxylic acids is 1. The number of fused-ring (bicyclic) bond motifs is 1. The largest absolute Gasteiger partial charge is 0.478 e. The summed E-state index contributed by atoms with van der Waals surface area (Å²) in [6.45, 7) is 1.91. The topological polar surface area (TPSA) is 63.3 Å². The zero-order valence-electron chi connectivity index (χ0n) is 9.25. The van der Waals surface area contributed by atoms with Crippen LogP contribution in [0.3, 0.4) is 0 Å². The SMILES string of the molecule is C/C(=C\C=C\C(=O)O)c1ccc2ncoc2c1. The second kappa shape index (κ2) is 4.65. The van der Waals surface area contributed by atoms with E-state index in [1.807, 2.05) is 25.1 Å². The van der Waals surface area contributed by atoms with Crippen LogP contribution in [-0.4, -0.2) is 16.1 Å². The average molecular weight is 229 g/mol. The Morgan fingerprint density at radius 2 is 2.29 bits per heavy atom. The number of aromatic nitrogens is 1. The van der Waals surface area contributed by atoms with Gasteiger partial charge in [-0.2, -0.15) is 0 Å². The number of carbonyl (C=O) groups is 1. The standard InChI is InChI=1S/C13H11NO3/c1-9(3-2-4-13(15)16)10-5-6-11-12(7-10)17-8-14-11/h2-8H,1H3,(H,15,16)/b4-2+,9-3+. The van der Waals surface area contributed by atoms with Crippen molar-refractivity contribution in [1.82, 2.24) is 4.98 Å². The second-order valence-corrected chi connectivity index (χ2v) is 3.58. The van der Waals surface area contributed by atoms with Crippen molar-refractivity contribution < 1.29 is 14.3 Å². The normalized spacial score (nSPS) is 12.4. The maximum absolute atomic E-state index is 10.3. The molecule has 0 fully saturated rings. The summed E-state index contributed by atoms with van der Waals surface area (Å²) in [5, 5.41) is 8.47. The number of nitrogens with zero attached hydrogens (tertiary/aromatic N) is 1. The average Bonchev–Trinajstić information content (AvgIpc) is 2.75. The van der Waals surface area contributed by atoms with E-state index in [2.05, 4.69) is 4.98 Å². The molecule has 86 valence electrons. The lowest BCUT2D eigenvalue weighted by Crippen LogP contribution is -1.85. The molecule has 0 saturated heterocycles. The Hall–Kier alpha value is -2.36. The van der Waals surface area contributed by atoms with Crippen LogP contribution in [0.25, 0.3) is 16.7 Å². The molecule has 0 bridgehead atoms.